The molecule has 1 aromatic carbocycles. The summed E-state index contributed by atoms with van der Waals surface area (Å²) in [4.78, 5) is 25.6. The third kappa shape index (κ3) is 2.62. The highest BCUT2D eigenvalue weighted by atomic mass is 16.5. The van der Waals surface area contributed by atoms with Crippen LogP contribution in [0.5, 0.6) is 0 Å². The number of ketones is 1. The molecule has 1 aliphatic heterocycles. The zero-order valence-corrected chi connectivity index (χ0v) is 11.6. The molecule has 0 spiro atoms. The molecule has 1 amide bonds. The second-order valence-corrected chi connectivity index (χ2v) is 4.98. The van der Waals surface area contributed by atoms with Gasteiger partial charge in [-0.05, 0) is 43.9 Å². The van der Waals surface area contributed by atoms with Crippen LogP contribution in [-0.2, 0) is 4.74 Å². The number of carbonyl (C=O) groups is 2. The second kappa shape index (κ2) is 5.43. The maximum atomic E-state index is 12.5. The normalized spacial score (nSPS) is 18.5. The molecule has 1 fully saturated rings. The summed E-state index contributed by atoms with van der Waals surface area (Å²) in [6.45, 7) is 4.59. The van der Waals surface area contributed by atoms with Gasteiger partial charge in [0.15, 0.2) is 5.78 Å². The number of ether oxygens (including phenoxy) is 1. The summed E-state index contributed by atoms with van der Waals surface area (Å²) in [6.07, 6.45) is 1.14. The number of hydrogen-bond acceptors (Lipinski definition) is 3. The fraction of sp³-hybridized carbons (Fsp3) is 0.467. The van der Waals surface area contributed by atoms with E-state index in [0.717, 1.165) is 17.5 Å². The molecule has 1 unspecified atom stereocenters. The summed E-state index contributed by atoms with van der Waals surface area (Å²) in [6, 6.07) is 5.29. The van der Waals surface area contributed by atoms with Gasteiger partial charge >= 0.3 is 6.09 Å². The van der Waals surface area contributed by atoms with E-state index in [1.165, 1.54) is 12.0 Å². The lowest BCUT2D eigenvalue weighted by Crippen LogP contribution is -2.40. The van der Waals surface area contributed by atoms with Crippen molar-refractivity contribution in [2.45, 2.75) is 32.7 Å². The number of Topliss-reactive ketones (excluding diaryl/α,β-unsaturated/α-hetero) is 1. The first-order valence-electron chi connectivity index (χ1n) is 6.50. The van der Waals surface area contributed by atoms with Crippen LogP contribution in [-0.4, -0.2) is 36.5 Å². The Morgan fingerprint density at radius 3 is 2.63 bits per heavy atom. The lowest BCUT2D eigenvalue weighted by atomic mass is 9.98. The Balaban J connectivity index is 2.23. The smallest absolute Gasteiger partial charge is 0.410 e. The number of methoxy groups -OCH3 is 1. The van der Waals surface area contributed by atoms with E-state index in [-0.39, 0.29) is 11.8 Å². The topological polar surface area (TPSA) is 46.6 Å². The molecule has 1 heterocycles. The fourth-order valence-corrected chi connectivity index (χ4v) is 2.46. The Kier molecular flexibility index (Phi) is 3.88. The van der Waals surface area contributed by atoms with Gasteiger partial charge in [-0.2, -0.15) is 0 Å². The van der Waals surface area contributed by atoms with E-state index >= 15 is 0 Å². The maximum absolute atomic E-state index is 12.5. The number of hydrogen-bond donors (Lipinski definition) is 0. The molecule has 0 bridgehead atoms. The Hall–Kier alpha value is -1.84. The molecule has 19 heavy (non-hydrogen) atoms. The SMILES string of the molecule is COC(=O)N1CCCC1C(=O)c1ccc(C)c(C)c1. The van der Waals surface area contributed by atoms with Crippen molar-refractivity contribution in [2.24, 2.45) is 0 Å². The average molecular weight is 261 g/mol. The van der Waals surface area contributed by atoms with Crippen LogP contribution in [0.25, 0.3) is 0 Å². The summed E-state index contributed by atoms with van der Waals surface area (Å²) >= 11 is 0. The molecule has 102 valence electrons. The fourth-order valence-electron chi connectivity index (χ4n) is 2.46. The van der Waals surface area contributed by atoms with Gasteiger partial charge in [0.2, 0.25) is 0 Å². The van der Waals surface area contributed by atoms with E-state index in [4.69, 9.17) is 4.74 Å². The highest BCUT2D eigenvalue weighted by molar-refractivity contribution is 6.01. The molecule has 1 aliphatic rings. The van der Waals surface area contributed by atoms with E-state index in [9.17, 15) is 9.59 Å². The van der Waals surface area contributed by atoms with E-state index in [0.29, 0.717) is 18.5 Å². The van der Waals surface area contributed by atoms with Crippen molar-refractivity contribution in [1.82, 2.24) is 4.90 Å². The van der Waals surface area contributed by atoms with Crippen LogP contribution in [0.4, 0.5) is 4.79 Å². The first-order valence-corrected chi connectivity index (χ1v) is 6.50. The van der Waals surface area contributed by atoms with Gasteiger partial charge in [-0.1, -0.05) is 12.1 Å². The van der Waals surface area contributed by atoms with Crippen LogP contribution in [0.3, 0.4) is 0 Å². The summed E-state index contributed by atoms with van der Waals surface area (Å²) < 4.78 is 4.73. The number of carbonyl (C=O) groups excluding carboxylic acids is 2. The van der Waals surface area contributed by atoms with E-state index in [1.54, 1.807) is 0 Å². The van der Waals surface area contributed by atoms with E-state index in [1.807, 2.05) is 32.0 Å². The third-order valence-corrected chi connectivity index (χ3v) is 3.76. The lowest BCUT2D eigenvalue weighted by molar-refractivity contribution is 0.0814. The Labute approximate surface area is 113 Å². The summed E-state index contributed by atoms with van der Waals surface area (Å²) in [5.41, 5.74) is 2.92. The molecular weight excluding hydrogens is 242 g/mol. The van der Waals surface area contributed by atoms with Crippen LogP contribution >= 0.6 is 0 Å². The molecule has 0 aliphatic carbocycles. The Morgan fingerprint density at radius 1 is 1.26 bits per heavy atom. The molecule has 0 aromatic heterocycles. The molecule has 2 rings (SSSR count). The second-order valence-electron chi connectivity index (χ2n) is 4.98. The van der Waals surface area contributed by atoms with Crippen molar-refractivity contribution in [1.29, 1.82) is 0 Å². The van der Waals surface area contributed by atoms with Gasteiger partial charge in [-0.25, -0.2) is 4.79 Å². The van der Waals surface area contributed by atoms with Gasteiger partial charge < -0.3 is 4.74 Å². The van der Waals surface area contributed by atoms with Crippen molar-refractivity contribution < 1.29 is 14.3 Å². The molecule has 4 nitrogen and oxygen atoms in total. The van der Waals surface area contributed by atoms with Crippen LogP contribution in [0.15, 0.2) is 18.2 Å². The molecule has 1 aromatic rings. The summed E-state index contributed by atoms with van der Waals surface area (Å²) in [7, 11) is 1.35. The number of aryl methyl sites for hydroxylation is 2. The van der Waals surface area contributed by atoms with Crippen LogP contribution in [0.1, 0.15) is 34.3 Å². The average Bonchev–Trinajstić information content (AvgIpc) is 2.89. The molecule has 0 radical (unpaired) electrons. The van der Waals surface area contributed by atoms with E-state index in [2.05, 4.69) is 0 Å². The lowest BCUT2D eigenvalue weighted by Gasteiger charge is -2.22. The summed E-state index contributed by atoms with van der Waals surface area (Å²) in [5, 5.41) is 0. The highest BCUT2D eigenvalue weighted by Crippen LogP contribution is 2.23. The van der Waals surface area contributed by atoms with Gasteiger partial charge in [0, 0.05) is 12.1 Å². The number of likely N-dealkylation sites (tertiary alicyclic amines) is 1. The first-order chi connectivity index (χ1) is 9.04. The largest absolute Gasteiger partial charge is 0.453 e. The monoisotopic (exact) mass is 261 g/mol. The molecule has 4 heteroatoms. The minimum atomic E-state index is -0.417. The molecule has 0 N–H and O–H groups in total. The number of rotatable bonds is 2. The van der Waals surface area contributed by atoms with Crippen molar-refractivity contribution >= 4 is 11.9 Å². The Bertz CT molecular complexity index is 510. The molecule has 1 atom stereocenters. The standard InChI is InChI=1S/C15H19NO3/c1-10-6-7-12(9-11(10)2)14(17)13-5-4-8-16(13)15(18)19-3/h6-7,9,13H,4-5,8H2,1-3H3. The Morgan fingerprint density at radius 2 is 2.00 bits per heavy atom. The number of amides is 1. The predicted octanol–water partition coefficient (Wildman–Crippen LogP) is 2.72. The van der Waals surface area contributed by atoms with Crippen molar-refractivity contribution in [3.63, 3.8) is 0 Å². The zero-order chi connectivity index (χ0) is 14.0. The highest BCUT2D eigenvalue weighted by Gasteiger charge is 2.35. The van der Waals surface area contributed by atoms with Crippen molar-refractivity contribution in [3.05, 3.63) is 34.9 Å². The number of nitrogens with zero attached hydrogens (tertiary/aromatic N) is 1. The van der Waals surface area contributed by atoms with Crippen LogP contribution in [0, 0.1) is 13.8 Å². The van der Waals surface area contributed by atoms with Gasteiger partial charge in [0.25, 0.3) is 0 Å². The number of benzene rings is 1. The zero-order valence-electron chi connectivity index (χ0n) is 11.6. The molecule has 0 saturated carbocycles. The van der Waals surface area contributed by atoms with Gasteiger partial charge in [-0.3, -0.25) is 9.69 Å². The summed E-state index contributed by atoms with van der Waals surface area (Å²) in [5.74, 6) is 0.00556. The van der Waals surface area contributed by atoms with E-state index < -0.39 is 6.09 Å². The minimum absolute atomic E-state index is 0.00556. The van der Waals surface area contributed by atoms with Gasteiger partial charge in [0.1, 0.15) is 0 Å². The van der Waals surface area contributed by atoms with Crippen molar-refractivity contribution in [3.8, 4) is 0 Å². The quantitative estimate of drug-likeness (QED) is 0.769. The first kappa shape index (κ1) is 13.6. The molecule has 1 saturated heterocycles. The minimum Gasteiger partial charge on any atom is -0.453 e. The van der Waals surface area contributed by atoms with Crippen LogP contribution in [0.2, 0.25) is 0 Å². The van der Waals surface area contributed by atoms with Gasteiger partial charge in [-0.15, -0.1) is 0 Å². The van der Waals surface area contributed by atoms with Crippen LogP contribution < -0.4 is 0 Å². The van der Waals surface area contributed by atoms with Crippen molar-refractivity contribution in [2.75, 3.05) is 13.7 Å². The predicted molar refractivity (Wildman–Crippen MR) is 72.4 cm³/mol. The van der Waals surface area contributed by atoms with Gasteiger partial charge in [0.05, 0.1) is 13.2 Å². The molecular formula is C15H19NO3. The third-order valence-electron chi connectivity index (χ3n) is 3.76. The maximum Gasteiger partial charge on any atom is 0.410 e.